The van der Waals surface area contributed by atoms with E-state index in [4.69, 9.17) is 0 Å². The van der Waals surface area contributed by atoms with E-state index >= 15 is 0 Å². The van der Waals surface area contributed by atoms with Crippen LogP contribution in [-0.2, 0) is 11.0 Å². The third-order valence-corrected chi connectivity index (χ3v) is 5.42. The Bertz CT molecular complexity index is 1220. The average molecular weight is 439 g/mol. The molecule has 8 heteroatoms. The van der Waals surface area contributed by atoms with Gasteiger partial charge in [0.25, 0.3) is 0 Å². The second-order valence-corrected chi connectivity index (χ2v) is 7.58. The molecule has 0 aliphatic heterocycles. The van der Waals surface area contributed by atoms with Gasteiger partial charge in [0.15, 0.2) is 5.82 Å². The molecule has 0 aliphatic carbocycles. The number of carbonyl (C=O) groups excluding carboxylic acids is 1. The zero-order valence-corrected chi connectivity index (χ0v) is 16.9. The highest BCUT2D eigenvalue weighted by atomic mass is 32.2. The van der Waals surface area contributed by atoms with Crippen molar-refractivity contribution in [1.29, 1.82) is 0 Å². The summed E-state index contributed by atoms with van der Waals surface area (Å²) in [6.45, 7) is 0. The Morgan fingerprint density at radius 2 is 1.55 bits per heavy atom. The van der Waals surface area contributed by atoms with Crippen molar-refractivity contribution in [3.63, 3.8) is 0 Å². The van der Waals surface area contributed by atoms with Crippen molar-refractivity contribution in [2.45, 2.75) is 11.2 Å². The molecule has 1 aromatic heterocycles. The maximum Gasteiger partial charge on any atom is 0.418 e. The Morgan fingerprint density at radius 1 is 0.871 bits per heavy atom. The molecule has 0 radical (unpaired) electrons. The number of amides is 1. The number of anilines is 1. The zero-order chi connectivity index (χ0) is 21.8. The van der Waals surface area contributed by atoms with E-state index in [1.165, 1.54) is 12.1 Å². The molecule has 3 aromatic carbocycles. The molecule has 1 heterocycles. The summed E-state index contributed by atoms with van der Waals surface area (Å²) in [6.07, 6.45) is -4.56. The number of nitrogens with one attached hydrogen (secondary N) is 1. The van der Waals surface area contributed by atoms with Crippen molar-refractivity contribution in [2.24, 2.45) is 0 Å². The van der Waals surface area contributed by atoms with E-state index in [1.54, 1.807) is 54.6 Å². The summed E-state index contributed by atoms with van der Waals surface area (Å²) in [4.78, 5) is 21.0. The second-order valence-electron chi connectivity index (χ2n) is 6.62. The van der Waals surface area contributed by atoms with Crippen LogP contribution in [0.2, 0.25) is 0 Å². The van der Waals surface area contributed by atoms with Crippen molar-refractivity contribution in [1.82, 2.24) is 9.97 Å². The highest BCUT2D eigenvalue weighted by Gasteiger charge is 2.34. The van der Waals surface area contributed by atoms with Gasteiger partial charge in [-0.2, -0.15) is 13.2 Å². The monoisotopic (exact) mass is 439 g/mol. The smallest absolute Gasteiger partial charge is 0.325 e. The Balaban J connectivity index is 1.72. The molecule has 0 fully saturated rings. The van der Waals surface area contributed by atoms with Crippen LogP contribution >= 0.6 is 11.8 Å². The molecule has 0 bridgehead atoms. The van der Waals surface area contributed by atoms with Gasteiger partial charge >= 0.3 is 6.18 Å². The van der Waals surface area contributed by atoms with Crippen LogP contribution < -0.4 is 5.32 Å². The third kappa shape index (κ3) is 4.86. The van der Waals surface area contributed by atoms with Gasteiger partial charge in [-0.3, -0.25) is 4.79 Å². The molecule has 4 rings (SSSR count). The lowest BCUT2D eigenvalue weighted by atomic mass is 10.1. The number of nitrogens with zero attached hydrogens (tertiary/aromatic N) is 2. The molecule has 1 amide bonds. The number of aromatic nitrogens is 2. The maximum absolute atomic E-state index is 13.6. The number of carbonyl (C=O) groups is 1. The molecule has 0 saturated heterocycles. The first-order chi connectivity index (χ1) is 14.9. The van der Waals surface area contributed by atoms with E-state index in [1.807, 2.05) is 6.07 Å². The van der Waals surface area contributed by atoms with Gasteiger partial charge in [0.05, 0.1) is 16.8 Å². The molecule has 4 nitrogen and oxygen atoms in total. The first kappa shape index (κ1) is 20.9. The fourth-order valence-electron chi connectivity index (χ4n) is 3.03. The third-order valence-electron chi connectivity index (χ3n) is 4.43. The SMILES string of the molecule is O=C(CSc1nc(-c2ccccc2)nc2c(C(F)(F)F)cccc12)Nc1ccccc1. The van der Waals surface area contributed by atoms with Crippen molar-refractivity contribution in [3.8, 4) is 11.4 Å². The van der Waals surface area contributed by atoms with Crippen LogP contribution in [-0.4, -0.2) is 21.6 Å². The van der Waals surface area contributed by atoms with E-state index in [-0.39, 0.29) is 28.4 Å². The minimum Gasteiger partial charge on any atom is -0.325 e. The van der Waals surface area contributed by atoms with Gasteiger partial charge in [0, 0.05) is 16.6 Å². The lowest BCUT2D eigenvalue weighted by Gasteiger charge is -2.13. The van der Waals surface area contributed by atoms with Crippen molar-refractivity contribution < 1.29 is 18.0 Å². The van der Waals surface area contributed by atoms with Crippen LogP contribution in [0.3, 0.4) is 0 Å². The molecule has 4 aromatic rings. The fourth-order valence-corrected chi connectivity index (χ4v) is 3.84. The molecular weight excluding hydrogens is 423 g/mol. The Kier molecular flexibility index (Phi) is 5.90. The van der Waals surface area contributed by atoms with Gasteiger partial charge in [-0.15, -0.1) is 0 Å². The molecule has 0 unspecified atom stereocenters. The minimum atomic E-state index is -4.56. The number of halogens is 3. The van der Waals surface area contributed by atoms with E-state index in [0.717, 1.165) is 17.8 Å². The van der Waals surface area contributed by atoms with Crippen molar-refractivity contribution in [3.05, 3.63) is 84.4 Å². The average Bonchev–Trinajstić information content (AvgIpc) is 2.77. The molecule has 31 heavy (non-hydrogen) atoms. The Labute approximate surface area is 180 Å². The summed E-state index contributed by atoms with van der Waals surface area (Å²) in [7, 11) is 0. The van der Waals surface area contributed by atoms with Gasteiger partial charge in [-0.1, -0.05) is 72.4 Å². The number of alkyl halides is 3. The summed E-state index contributed by atoms with van der Waals surface area (Å²) in [5, 5.41) is 3.33. The van der Waals surface area contributed by atoms with Crippen LogP contribution in [0.5, 0.6) is 0 Å². The van der Waals surface area contributed by atoms with E-state index in [0.29, 0.717) is 16.3 Å². The Hall–Kier alpha value is -3.39. The molecule has 0 atom stereocenters. The van der Waals surface area contributed by atoms with Crippen LogP contribution in [0.25, 0.3) is 22.3 Å². The molecule has 0 spiro atoms. The van der Waals surface area contributed by atoms with Gasteiger partial charge in [0.1, 0.15) is 5.03 Å². The van der Waals surface area contributed by atoms with Crippen LogP contribution in [0.15, 0.2) is 83.9 Å². The summed E-state index contributed by atoms with van der Waals surface area (Å²) < 4.78 is 40.8. The predicted molar refractivity (Wildman–Crippen MR) is 116 cm³/mol. The lowest BCUT2D eigenvalue weighted by molar-refractivity contribution is -0.136. The maximum atomic E-state index is 13.6. The molecule has 1 N–H and O–H groups in total. The first-order valence-electron chi connectivity index (χ1n) is 9.33. The molecular formula is C23H16F3N3OS. The van der Waals surface area contributed by atoms with Gasteiger partial charge < -0.3 is 5.32 Å². The normalized spacial score (nSPS) is 11.5. The summed E-state index contributed by atoms with van der Waals surface area (Å²) in [6, 6.07) is 21.6. The number of thioether (sulfide) groups is 1. The summed E-state index contributed by atoms with van der Waals surface area (Å²) in [5.41, 5.74) is 0.219. The van der Waals surface area contributed by atoms with E-state index in [2.05, 4.69) is 15.3 Å². The second kappa shape index (κ2) is 8.77. The number of fused-ring (bicyclic) bond motifs is 1. The standard InChI is InChI=1S/C23H16F3N3OS/c24-23(25,26)18-13-7-12-17-20(18)28-21(15-8-3-1-4-9-15)29-22(17)31-14-19(30)27-16-10-5-2-6-11-16/h1-13H,14H2,(H,27,30). The molecule has 156 valence electrons. The number of benzene rings is 3. The van der Waals surface area contributed by atoms with Crippen LogP contribution in [0.1, 0.15) is 5.56 Å². The molecule has 0 aliphatic rings. The van der Waals surface area contributed by atoms with E-state index < -0.39 is 11.7 Å². The van der Waals surface area contributed by atoms with E-state index in [9.17, 15) is 18.0 Å². The summed E-state index contributed by atoms with van der Waals surface area (Å²) >= 11 is 1.07. The zero-order valence-electron chi connectivity index (χ0n) is 16.1. The van der Waals surface area contributed by atoms with Crippen LogP contribution in [0, 0.1) is 0 Å². The largest absolute Gasteiger partial charge is 0.418 e. The fraction of sp³-hybridized carbons (Fsp3) is 0.0870. The van der Waals surface area contributed by atoms with Crippen molar-refractivity contribution >= 4 is 34.3 Å². The van der Waals surface area contributed by atoms with Gasteiger partial charge in [-0.25, -0.2) is 9.97 Å². The highest BCUT2D eigenvalue weighted by molar-refractivity contribution is 8.00. The van der Waals surface area contributed by atoms with Crippen LogP contribution in [0.4, 0.5) is 18.9 Å². The Morgan fingerprint density at radius 3 is 2.23 bits per heavy atom. The van der Waals surface area contributed by atoms with Gasteiger partial charge in [0.2, 0.25) is 5.91 Å². The minimum absolute atomic E-state index is 0.00845. The molecule has 0 saturated carbocycles. The summed E-state index contributed by atoms with van der Waals surface area (Å²) in [5.74, 6) is -0.113. The lowest BCUT2D eigenvalue weighted by Crippen LogP contribution is -2.14. The predicted octanol–water partition coefficient (Wildman–Crippen LogP) is 6.05. The first-order valence-corrected chi connectivity index (χ1v) is 10.3. The quantitative estimate of drug-likeness (QED) is 0.304. The highest BCUT2D eigenvalue weighted by Crippen LogP contribution is 2.37. The van der Waals surface area contributed by atoms with Crippen molar-refractivity contribution in [2.75, 3.05) is 11.1 Å². The number of rotatable bonds is 5. The number of hydrogen-bond donors (Lipinski definition) is 1. The number of hydrogen-bond acceptors (Lipinski definition) is 4. The number of para-hydroxylation sites is 2. The van der Waals surface area contributed by atoms with Gasteiger partial charge in [-0.05, 0) is 18.2 Å². The topological polar surface area (TPSA) is 54.9 Å².